The number of amides is 2. The Morgan fingerprint density at radius 1 is 1.26 bits per heavy atom. The second-order valence-electron chi connectivity index (χ2n) is 11.1. The second kappa shape index (κ2) is 9.92. The average molecular weight is 528 g/mol. The van der Waals surface area contributed by atoms with E-state index in [-0.39, 0.29) is 31.7 Å². The molecule has 0 radical (unpaired) electrons. The zero-order chi connectivity index (χ0) is 27.2. The summed E-state index contributed by atoms with van der Waals surface area (Å²) < 4.78 is 13.7. The van der Waals surface area contributed by atoms with Gasteiger partial charge in [-0.3, -0.25) is 14.4 Å². The summed E-state index contributed by atoms with van der Waals surface area (Å²) in [6, 6.07) is 5.84. The maximum absolute atomic E-state index is 14.2. The summed E-state index contributed by atoms with van der Waals surface area (Å²) in [7, 11) is 0. The molecule has 38 heavy (non-hydrogen) atoms. The quantitative estimate of drug-likeness (QED) is 0.445. The van der Waals surface area contributed by atoms with Gasteiger partial charge in [-0.15, -0.1) is 5.10 Å². The number of hydrogen-bond acceptors (Lipinski definition) is 8. The number of fused-ring (bicyclic) bond motifs is 2. The van der Waals surface area contributed by atoms with Crippen LogP contribution in [0.3, 0.4) is 0 Å². The fourth-order valence-electron chi connectivity index (χ4n) is 7.04. The first-order chi connectivity index (χ1) is 18.2. The third kappa shape index (κ3) is 3.89. The summed E-state index contributed by atoms with van der Waals surface area (Å²) in [5, 5.41) is 21.6. The lowest BCUT2D eigenvalue weighted by molar-refractivity contribution is -0.162. The Bertz CT molecular complexity index is 1230. The van der Waals surface area contributed by atoms with Crippen LogP contribution in [0.25, 0.3) is 11.0 Å². The van der Waals surface area contributed by atoms with Gasteiger partial charge in [0.25, 0.3) is 0 Å². The molecule has 2 amide bonds. The van der Waals surface area contributed by atoms with Crippen molar-refractivity contribution in [3.63, 3.8) is 0 Å². The highest BCUT2D eigenvalue weighted by Gasteiger charge is 2.79. The minimum atomic E-state index is -1.18. The fraction of sp³-hybridized carbons (Fsp3) is 0.667. The number of benzene rings is 1. The Hall–Kier alpha value is -3.05. The van der Waals surface area contributed by atoms with Crippen LogP contribution < -0.4 is 5.32 Å². The molecule has 2 unspecified atom stereocenters. The Balaban J connectivity index is 1.52. The number of aliphatic hydroxyl groups excluding tert-OH is 1. The predicted octanol–water partition coefficient (Wildman–Crippen LogP) is 1.63. The summed E-state index contributed by atoms with van der Waals surface area (Å²) >= 11 is 0. The van der Waals surface area contributed by atoms with E-state index in [4.69, 9.17) is 9.47 Å². The van der Waals surface area contributed by atoms with Crippen molar-refractivity contribution in [3.05, 3.63) is 24.3 Å². The van der Waals surface area contributed by atoms with Gasteiger partial charge in [0.2, 0.25) is 11.8 Å². The minimum Gasteiger partial charge on any atom is -0.466 e. The maximum Gasteiger partial charge on any atom is 0.312 e. The van der Waals surface area contributed by atoms with Crippen molar-refractivity contribution in [2.75, 3.05) is 13.2 Å². The largest absolute Gasteiger partial charge is 0.466 e. The van der Waals surface area contributed by atoms with Crippen molar-refractivity contribution in [1.82, 2.24) is 25.2 Å². The van der Waals surface area contributed by atoms with Gasteiger partial charge in [0.1, 0.15) is 29.7 Å². The van der Waals surface area contributed by atoms with Crippen LogP contribution in [0.5, 0.6) is 0 Å². The molecule has 5 rings (SSSR count). The number of ether oxygens (including phenoxy) is 2. The van der Waals surface area contributed by atoms with Gasteiger partial charge in [-0.05, 0) is 50.7 Å². The monoisotopic (exact) mass is 527 g/mol. The molecule has 11 nitrogen and oxygen atoms in total. The number of carbonyl (C=O) groups is 3. The van der Waals surface area contributed by atoms with Gasteiger partial charge in [0.15, 0.2) is 0 Å². The lowest BCUT2D eigenvalue weighted by Gasteiger charge is -2.37. The first-order valence-corrected chi connectivity index (χ1v) is 13.6. The standard InChI is InChI=1S/C27H37N5O6/c1-5-26-11-12-27(38-26)20(21(26)25(36)37-6-2)24(35)32(17(14-33)13-16(3)4)22(27)23(34)28-15-31-19-10-8-7-9-18(19)29-30-31/h7-10,16-17,20-22,33H,5-6,11-15H2,1-4H3,(H,28,34)/t17-,20+,21+,22?,26-,27?/m1/s1. The number of para-hydroxylation sites is 1. The summed E-state index contributed by atoms with van der Waals surface area (Å²) in [6.45, 7) is 7.62. The van der Waals surface area contributed by atoms with E-state index in [1.54, 1.807) is 11.6 Å². The van der Waals surface area contributed by atoms with Gasteiger partial charge < -0.3 is 24.8 Å². The first-order valence-electron chi connectivity index (χ1n) is 13.6. The van der Waals surface area contributed by atoms with E-state index >= 15 is 0 Å². The van der Waals surface area contributed by atoms with Gasteiger partial charge in [-0.2, -0.15) is 0 Å². The molecular formula is C27H37N5O6. The van der Waals surface area contributed by atoms with E-state index < -0.39 is 47.0 Å². The van der Waals surface area contributed by atoms with Crippen LogP contribution >= 0.6 is 0 Å². The smallest absolute Gasteiger partial charge is 0.312 e. The van der Waals surface area contributed by atoms with Crippen LogP contribution in [-0.2, 0) is 30.5 Å². The molecule has 0 aliphatic carbocycles. The molecule has 3 fully saturated rings. The Morgan fingerprint density at radius 2 is 2.03 bits per heavy atom. The van der Waals surface area contributed by atoms with E-state index in [9.17, 15) is 19.5 Å². The van der Waals surface area contributed by atoms with Gasteiger partial charge in [-0.25, -0.2) is 4.68 Å². The molecule has 2 N–H and O–H groups in total. The molecule has 2 bridgehead atoms. The number of aliphatic hydroxyl groups is 1. The summed E-state index contributed by atoms with van der Waals surface area (Å²) in [4.78, 5) is 42.9. The highest BCUT2D eigenvalue weighted by molar-refractivity contribution is 5.98. The molecule has 1 spiro atoms. The summed E-state index contributed by atoms with van der Waals surface area (Å²) in [6.07, 6.45) is 2.05. The fourth-order valence-corrected chi connectivity index (χ4v) is 7.04. The number of nitrogens with one attached hydrogen (secondary N) is 1. The highest BCUT2D eigenvalue weighted by atomic mass is 16.6. The summed E-state index contributed by atoms with van der Waals surface area (Å²) in [5.41, 5.74) is -0.563. The number of carbonyl (C=O) groups excluding carboxylic acids is 3. The van der Waals surface area contributed by atoms with Crippen molar-refractivity contribution in [2.45, 2.75) is 83.3 Å². The number of rotatable bonds is 10. The highest BCUT2D eigenvalue weighted by Crippen LogP contribution is 2.64. The number of esters is 1. The van der Waals surface area contributed by atoms with Crippen LogP contribution in [0, 0.1) is 17.8 Å². The Morgan fingerprint density at radius 3 is 2.71 bits per heavy atom. The number of nitrogens with zero attached hydrogens (tertiary/aromatic N) is 4. The van der Waals surface area contributed by atoms with E-state index in [1.807, 2.05) is 45.0 Å². The van der Waals surface area contributed by atoms with E-state index in [1.165, 1.54) is 4.90 Å². The van der Waals surface area contributed by atoms with Crippen molar-refractivity contribution >= 4 is 28.8 Å². The van der Waals surface area contributed by atoms with E-state index in [0.29, 0.717) is 31.2 Å². The van der Waals surface area contributed by atoms with Gasteiger partial charge in [0.05, 0.1) is 36.3 Å². The van der Waals surface area contributed by atoms with Crippen LogP contribution in [0.2, 0.25) is 0 Å². The molecule has 11 heteroatoms. The van der Waals surface area contributed by atoms with Crippen molar-refractivity contribution in [1.29, 1.82) is 0 Å². The average Bonchev–Trinajstić information content (AvgIpc) is 3.63. The van der Waals surface area contributed by atoms with Crippen LogP contribution in [0.4, 0.5) is 0 Å². The normalized spacial score (nSPS) is 30.7. The molecule has 3 saturated heterocycles. The minimum absolute atomic E-state index is 0.0484. The molecule has 3 aliphatic rings. The molecule has 6 atom stereocenters. The zero-order valence-electron chi connectivity index (χ0n) is 22.4. The number of aromatic nitrogens is 3. The van der Waals surface area contributed by atoms with Crippen molar-refractivity contribution in [2.24, 2.45) is 17.8 Å². The van der Waals surface area contributed by atoms with Crippen LogP contribution in [0.15, 0.2) is 24.3 Å². The third-order valence-corrected chi connectivity index (χ3v) is 8.58. The van der Waals surface area contributed by atoms with Gasteiger partial charge >= 0.3 is 5.97 Å². The van der Waals surface area contributed by atoms with Gasteiger partial charge in [-0.1, -0.05) is 38.1 Å². The SMILES string of the molecule is CCOC(=O)[C@@H]1[C@H]2C(=O)N([C@@H](CO)CC(C)C)C(C(=O)NCn3nnc4ccccc43)C23CC[C@@]1(CC)O3. The number of hydrogen-bond donors (Lipinski definition) is 2. The lowest BCUT2D eigenvalue weighted by atomic mass is 9.65. The van der Waals surface area contributed by atoms with Gasteiger partial charge in [0, 0.05) is 0 Å². The lowest BCUT2D eigenvalue weighted by Crippen LogP contribution is -2.58. The Labute approximate surface area is 221 Å². The second-order valence-corrected chi connectivity index (χ2v) is 11.1. The summed E-state index contributed by atoms with van der Waals surface area (Å²) in [5.74, 6) is -2.67. The molecule has 1 aromatic carbocycles. The first kappa shape index (κ1) is 26.6. The van der Waals surface area contributed by atoms with Crippen LogP contribution in [0.1, 0.15) is 53.4 Å². The molecule has 1 aromatic heterocycles. The molecule has 4 heterocycles. The van der Waals surface area contributed by atoms with Crippen molar-refractivity contribution < 1.29 is 29.0 Å². The molecular weight excluding hydrogens is 490 g/mol. The van der Waals surface area contributed by atoms with E-state index in [2.05, 4.69) is 15.6 Å². The zero-order valence-corrected chi connectivity index (χ0v) is 22.4. The molecule has 0 saturated carbocycles. The van der Waals surface area contributed by atoms with Crippen molar-refractivity contribution in [3.8, 4) is 0 Å². The third-order valence-electron chi connectivity index (χ3n) is 8.58. The van der Waals surface area contributed by atoms with Crippen LogP contribution in [-0.4, -0.2) is 79.3 Å². The molecule has 206 valence electrons. The Kier molecular flexibility index (Phi) is 6.93. The number of likely N-dealkylation sites (tertiary alicyclic amines) is 1. The molecule has 3 aliphatic heterocycles. The molecule has 2 aromatic rings. The topological polar surface area (TPSA) is 136 Å². The van der Waals surface area contributed by atoms with E-state index in [0.717, 1.165) is 5.52 Å². The predicted molar refractivity (Wildman–Crippen MR) is 136 cm³/mol. The maximum atomic E-state index is 14.2.